The summed E-state index contributed by atoms with van der Waals surface area (Å²) in [4.78, 5) is 54.5. The first-order chi connectivity index (χ1) is 17.0. The van der Waals surface area contributed by atoms with Crippen LogP contribution in [-0.4, -0.2) is 44.2 Å². The summed E-state index contributed by atoms with van der Waals surface area (Å²) in [6.45, 7) is 2.15. The van der Waals surface area contributed by atoms with E-state index in [0.717, 1.165) is 17.5 Å². The zero-order valence-corrected chi connectivity index (χ0v) is 20.0. The van der Waals surface area contributed by atoms with E-state index >= 15 is 0 Å². The normalized spacial score (nSPS) is 14.6. The number of nitrogens with zero attached hydrogens (tertiary/aromatic N) is 5. The van der Waals surface area contributed by atoms with Gasteiger partial charge in [-0.3, -0.25) is 19.3 Å². The Labute approximate surface area is 210 Å². The molecule has 15 heteroatoms. The van der Waals surface area contributed by atoms with Crippen LogP contribution in [0.1, 0.15) is 56.5 Å². The third kappa shape index (κ3) is 5.60. The number of pyridine rings is 1. The van der Waals surface area contributed by atoms with Gasteiger partial charge in [0.15, 0.2) is 0 Å². The Morgan fingerprint density at radius 2 is 1.92 bits per heavy atom. The van der Waals surface area contributed by atoms with E-state index in [9.17, 15) is 27.6 Å². The summed E-state index contributed by atoms with van der Waals surface area (Å²) >= 11 is 6.49. The van der Waals surface area contributed by atoms with Gasteiger partial charge in [-0.1, -0.05) is 11.6 Å². The van der Waals surface area contributed by atoms with E-state index in [4.69, 9.17) is 11.6 Å². The molecule has 0 radical (unpaired) electrons. The molecule has 2 N–H and O–H groups in total. The molecular weight excluding hydrogens is 523 g/mol. The van der Waals surface area contributed by atoms with Crippen LogP contribution in [0.2, 0.25) is 5.02 Å². The van der Waals surface area contributed by atoms with Crippen molar-refractivity contribution in [2.45, 2.75) is 32.0 Å². The molecule has 36 heavy (non-hydrogen) atoms. The highest BCUT2D eigenvalue weighted by atomic mass is 35.5. The Bertz CT molecular complexity index is 1330. The number of carbonyl (C=O) groups is 3. The third-order valence-electron chi connectivity index (χ3n) is 5.10. The Morgan fingerprint density at radius 1 is 1.14 bits per heavy atom. The van der Waals surface area contributed by atoms with Crippen LogP contribution in [0.15, 0.2) is 30.9 Å². The number of aromatic nitrogens is 4. The number of alkyl halides is 3. The molecule has 0 saturated carbocycles. The van der Waals surface area contributed by atoms with Crippen LogP contribution >= 0.6 is 22.9 Å². The molecule has 0 bridgehead atoms. The monoisotopic (exact) mass is 539 g/mol. The van der Waals surface area contributed by atoms with Gasteiger partial charge >= 0.3 is 6.18 Å². The molecule has 1 fully saturated rings. The lowest BCUT2D eigenvalue weighted by molar-refractivity contribution is -0.137. The topological polar surface area (TPSA) is 130 Å². The van der Waals surface area contributed by atoms with Crippen molar-refractivity contribution in [2.75, 3.05) is 16.8 Å². The number of amides is 3. The zero-order chi connectivity index (χ0) is 26.0. The molecule has 3 aromatic rings. The van der Waals surface area contributed by atoms with Gasteiger partial charge in [-0.2, -0.15) is 13.2 Å². The van der Waals surface area contributed by atoms with Crippen molar-refractivity contribution in [1.82, 2.24) is 25.3 Å². The molecule has 1 unspecified atom stereocenters. The van der Waals surface area contributed by atoms with Crippen molar-refractivity contribution < 1.29 is 27.6 Å². The van der Waals surface area contributed by atoms with Crippen molar-refractivity contribution in [1.29, 1.82) is 0 Å². The molecule has 188 valence electrons. The first-order valence-electron chi connectivity index (χ1n) is 10.5. The quantitative estimate of drug-likeness (QED) is 0.486. The lowest BCUT2D eigenvalue weighted by Crippen LogP contribution is -2.29. The number of thiazole rings is 1. The van der Waals surface area contributed by atoms with E-state index in [2.05, 4.69) is 30.6 Å². The van der Waals surface area contributed by atoms with E-state index in [1.807, 2.05) is 0 Å². The summed E-state index contributed by atoms with van der Waals surface area (Å²) in [7, 11) is 0. The van der Waals surface area contributed by atoms with Crippen LogP contribution in [0.3, 0.4) is 0 Å². The second kappa shape index (κ2) is 10.1. The standard InChI is InChI=1S/C21H17ClF3N7O3S/c1-10(30-18(34)13-6-16(29-9-28-13)32-4-2-3-17(32)33)20-27-8-14(36-20)19(35)31-15-5-11(21(23,24)25)12(22)7-26-15/h5-10H,2-4H2,1H3,(H,30,34)(H,26,31,35). The van der Waals surface area contributed by atoms with Gasteiger partial charge in [-0.15, -0.1) is 11.3 Å². The number of rotatable bonds is 6. The van der Waals surface area contributed by atoms with Gasteiger partial charge in [0, 0.05) is 25.2 Å². The minimum atomic E-state index is -4.71. The highest BCUT2D eigenvalue weighted by Gasteiger charge is 2.34. The molecule has 3 amide bonds. The molecule has 1 aliphatic rings. The molecule has 4 rings (SSSR count). The van der Waals surface area contributed by atoms with Gasteiger partial charge in [0.1, 0.15) is 33.5 Å². The fourth-order valence-corrected chi connectivity index (χ4v) is 4.36. The van der Waals surface area contributed by atoms with Gasteiger partial charge in [0.05, 0.1) is 22.8 Å². The van der Waals surface area contributed by atoms with Gasteiger partial charge in [0.25, 0.3) is 11.8 Å². The first-order valence-corrected chi connectivity index (χ1v) is 11.7. The number of hydrogen-bond donors (Lipinski definition) is 2. The summed E-state index contributed by atoms with van der Waals surface area (Å²) in [5.74, 6) is -1.34. The van der Waals surface area contributed by atoms with Gasteiger partial charge in [-0.25, -0.2) is 19.9 Å². The summed E-state index contributed by atoms with van der Waals surface area (Å²) in [5, 5.41) is 4.77. The fourth-order valence-electron chi connectivity index (χ4n) is 3.34. The average Bonchev–Trinajstić information content (AvgIpc) is 3.49. The maximum atomic E-state index is 13.0. The largest absolute Gasteiger partial charge is 0.418 e. The summed E-state index contributed by atoms with van der Waals surface area (Å²) in [5.41, 5.74) is -1.08. The summed E-state index contributed by atoms with van der Waals surface area (Å²) in [6, 6.07) is 1.43. The minimum Gasteiger partial charge on any atom is -0.342 e. The maximum absolute atomic E-state index is 13.0. The van der Waals surface area contributed by atoms with Crippen LogP contribution in [0.5, 0.6) is 0 Å². The highest BCUT2D eigenvalue weighted by molar-refractivity contribution is 7.13. The third-order valence-corrected chi connectivity index (χ3v) is 6.58. The number of anilines is 2. The van der Waals surface area contributed by atoms with Crippen molar-refractivity contribution in [3.63, 3.8) is 0 Å². The highest BCUT2D eigenvalue weighted by Crippen LogP contribution is 2.35. The zero-order valence-electron chi connectivity index (χ0n) is 18.5. The SMILES string of the molecule is CC(NC(=O)c1cc(N2CCCC2=O)ncn1)c1ncc(C(=O)Nc2cc(C(F)(F)F)c(Cl)cn2)s1. The van der Waals surface area contributed by atoms with Crippen LogP contribution < -0.4 is 15.5 Å². The van der Waals surface area contributed by atoms with Crippen LogP contribution in [0.4, 0.5) is 24.8 Å². The van der Waals surface area contributed by atoms with Crippen molar-refractivity contribution in [3.8, 4) is 0 Å². The lowest BCUT2D eigenvalue weighted by atomic mass is 10.2. The average molecular weight is 540 g/mol. The van der Waals surface area contributed by atoms with E-state index in [-0.39, 0.29) is 22.3 Å². The molecular formula is C21H17ClF3N7O3S. The Morgan fingerprint density at radius 3 is 2.61 bits per heavy atom. The second-order valence-electron chi connectivity index (χ2n) is 7.67. The molecule has 1 saturated heterocycles. The van der Waals surface area contributed by atoms with Crippen molar-refractivity contribution >= 4 is 52.3 Å². The van der Waals surface area contributed by atoms with E-state index in [1.54, 1.807) is 6.92 Å². The Hall–Kier alpha value is -3.65. The molecule has 4 heterocycles. The molecule has 0 aromatic carbocycles. The number of carbonyl (C=O) groups excluding carboxylic acids is 3. The van der Waals surface area contributed by atoms with Gasteiger partial charge in [0.2, 0.25) is 5.91 Å². The minimum absolute atomic E-state index is 0.0513. The second-order valence-corrected chi connectivity index (χ2v) is 9.14. The van der Waals surface area contributed by atoms with E-state index in [0.29, 0.717) is 36.3 Å². The van der Waals surface area contributed by atoms with Gasteiger partial charge in [-0.05, 0) is 19.4 Å². The molecule has 10 nitrogen and oxygen atoms in total. The summed E-state index contributed by atoms with van der Waals surface area (Å²) in [6.07, 6.45) is -0.353. The molecule has 0 spiro atoms. The Balaban J connectivity index is 1.41. The smallest absolute Gasteiger partial charge is 0.342 e. The predicted octanol–water partition coefficient (Wildman–Crippen LogP) is 3.87. The predicted molar refractivity (Wildman–Crippen MR) is 124 cm³/mol. The molecule has 1 atom stereocenters. The van der Waals surface area contributed by atoms with Crippen LogP contribution in [0.25, 0.3) is 0 Å². The van der Waals surface area contributed by atoms with Crippen LogP contribution in [0, 0.1) is 0 Å². The lowest BCUT2D eigenvalue weighted by Gasteiger charge is -2.15. The fraction of sp³-hybridized carbons (Fsp3) is 0.286. The Kier molecular flexibility index (Phi) is 7.17. The number of nitrogens with one attached hydrogen (secondary N) is 2. The van der Waals surface area contributed by atoms with E-state index in [1.165, 1.54) is 23.5 Å². The van der Waals surface area contributed by atoms with Crippen molar-refractivity contribution in [2.24, 2.45) is 0 Å². The molecule has 0 aliphatic carbocycles. The van der Waals surface area contributed by atoms with Crippen LogP contribution in [-0.2, 0) is 11.0 Å². The molecule has 1 aliphatic heterocycles. The number of halogens is 4. The molecule has 3 aromatic heterocycles. The maximum Gasteiger partial charge on any atom is 0.418 e. The summed E-state index contributed by atoms with van der Waals surface area (Å²) < 4.78 is 39.1. The van der Waals surface area contributed by atoms with E-state index < -0.39 is 34.6 Å². The van der Waals surface area contributed by atoms with Crippen molar-refractivity contribution in [3.05, 3.63) is 57.0 Å². The first kappa shape index (κ1) is 25.4. The van der Waals surface area contributed by atoms with Gasteiger partial charge < -0.3 is 10.6 Å². The number of hydrogen-bond acceptors (Lipinski definition) is 8.